The second kappa shape index (κ2) is 5.35. The maximum Gasteiger partial charge on any atom is 0.326 e. The molecule has 0 bridgehead atoms. The number of aromatic amines is 2. The van der Waals surface area contributed by atoms with Crippen LogP contribution in [0, 0.1) is 0 Å². The van der Waals surface area contributed by atoms with Crippen molar-refractivity contribution in [2.24, 2.45) is 0 Å². The van der Waals surface area contributed by atoms with Gasteiger partial charge in [-0.3, -0.25) is 9.78 Å². The van der Waals surface area contributed by atoms with Crippen LogP contribution >= 0.6 is 22.7 Å². The van der Waals surface area contributed by atoms with E-state index < -0.39 is 5.69 Å². The van der Waals surface area contributed by atoms with E-state index in [2.05, 4.69) is 28.0 Å². The van der Waals surface area contributed by atoms with Crippen LogP contribution in [-0.4, -0.2) is 33.4 Å². The van der Waals surface area contributed by atoms with E-state index in [1.165, 1.54) is 16.9 Å². The van der Waals surface area contributed by atoms with E-state index in [0.29, 0.717) is 10.2 Å². The largest absolute Gasteiger partial charge is 0.326 e. The minimum absolute atomic E-state index is 0.353. The molecule has 1 aliphatic rings. The summed E-state index contributed by atoms with van der Waals surface area (Å²) in [7, 11) is 2.10. The fraction of sp³-hybridized carbons (Fsp3) is 0.235. The Morgan fingerprint density at radius 1 is 1.28 bits per heavy atom. The van der Waals surface area contributed by atoms with Gasteiger partial charge in [-0.1, -0.05) is 6.07 Å². The first-order chi connectivity index (χ1) is 12.1. The molecule has 0 saturated heterocycles. The molecule has 0 amide bonds. The fourth-order valence-corrected chi connectivity index (χ4v) is 5.37. The molecule has 8 heteroatoms. The zero-order valence-electron chi connectivity index (χ0n) is 13.4. The van der Waals surface area contributed by atoms with E-state index in [4.69, 9.17) is 4.98 Å². The molecule has 0 saturated carbocycles. The highest BCUT2D eigenvalue weighted by molar-refractivity contribution is 7.25. The predicted octanol–water partition coefficient (Wildman–Crippen LogP) is 2.54. The van der Waals surface area contributed by atoms with Crippen LogP contribution in [0.1, 0.15) is 11.3 Å². The first kappa shape index (κ1) is 15.0. The highest BCUT2D eigenvalue weighted by atomic mass is 32.1. The van der Waals surface area contributed by atoms with Crippen LogP contribution in [0.2, 0.25) is 0 Å². The molecule has 5 rings (SSSR count). The number of likely N-dealkylation sites (N-methyl/N-ethyl adjacent to an activating group) is 1. The van der Waals surface area contributed by atoms with Crippen molar-refractivity contribution in [3.63, 3.8) is 0 Å². The molecule has 25 heavy (non-hydrogen) atoms. The molecule has 2 N–H and O–H groups in total. The molecule has 6 nitrogen and oxygen atoms in total. The number of pyridine rings is 1. The summed E-state index contributed by atoms with van der Waals surface area (Å²) in [6.45, 7) is 1.79. The number of fused-ring (bicyclic) bond motifs is 4. The second-order valence-electron chi connectivity index (χ2n) is 6.27. The summed E-state index contributed by atoms with van der Waals surface area (Å²) < 4.78 is 0.524. The van der Waals surface area contributed by atoms with Gasteiger partial charge in [0.1, 0.15) is 9.53 Å². The lowest BCUT2D eigenvalue weighted by Gasteiger charge is -2.26. The standard InChI is InChI=1S/C17H14N4O2S2/c1-21-5-4-9-8(7-21)11(10-3-2-6-24-10)12-13-14(25-16(12)18-9)15(22)20-17(23)19-13/h2-3,6H,4-5,7H2,1H3,(H2,19,20,22,23). The molecule has 1 aliphatic heterocycles. The van der Waals surface area contributed by atoms with E-state index in [1.807, 2.05) is 11.4 Å². The van der Waals surface area contributed by atoms with Crippen LogP contribution in [-0.2, 0) is 13.0 Å². The molecule has 0 atom stereocenters. The van der Waals surface area contributed by atoms with Gasteiger partial charge in [-0.2, -0.15) is 0 Å². The van der Waals surface area contributed by atoms with Crippen molar-refractivity contribution >= 4 is 43.1 Å². The van der Waals surface area contributed by atoms with Crippen molar-refractivity contribution in [3.05, 3.63) is 49.6 Å². The van der Waals surface area contributed by atoms with Crippen LogP contribution in [0.15, 0.2) is 27.1 Å². The van der Waals surface area contributed by atoms with Crippen molar-refractivity contribution < 1.29 is 0 Å². The average Bonchev–Trinajstić information content (AvgIpc) is 3.21. The summed E-state index contributed by atoms with van der Waals surface area (Å²) in [5, 5.41) is 2.93. The van der Waals surface area contributed by atoms with Gasteiger partial charge in [-0.05, 0) is 24.1 Å². The first-order valence-electron chi connectivity index (χ1n) is 7.95. The lowest BCUT2D eigenvalue weighted by molar-refractivity contribution is 0.311. The van der Waals surface area contributed by atoms with Crippen LogP contribution in [0.4, 0.5) is 0 Å². The summed E-state index contributed by atoms with van der Waals surface area (Å²) >= 11 is 3.01. The molecule has 0 spiro atoms. The predicted molar refractivity (Wildman–Crippen MR) is 102 cm³/mol. The van der Waals surface area contributed by atoms with Crippen molar-refractivity contribution in [3.8, 4) is 10.4 Å². The summed E-state index contributed by atoms with van der Waals surface area (Å²) in [5.41, 5.74) is 3.16. The molecular weight excluding hydrogens is 356 g/mol. The van der Waals surface area contributed by atoms with Gasteiger partial charge in [-0.15, -0.1) is 22.7 Å². The summed E-state index contributed by atoms with van der Waals surface area (Å²) in [4.78, 5) is 38.3. The SMILES string of the molecule is CN1CCc2nc3sc4c(=O)[nH]c(=O)[nH]c4c3c(-c3cccs3)c2C1. The number of rotatable bonds is 1. The van der Waals surface area contributed by atoms with Gasteiger partial charge in [0.2, 0.25) is 0 Å². The maximum atomic E-state index is 12.2. The topological polar surface area (TPSA) is 81.8 Å². The van der Waals surface area contributed by atoms with Crippen molar-refractivity contribution in [2.45, 2.75) is 13.0 Å². The minimum atomic E-state index is -0.482. The molecular formula is C17H14N4O2S2. The Hall–Kier alpha value is -2.29. The minimum Gasteiger partial charge on any atom is -0.305 e. The first-order valence-corrected chi connectivity index (χ1v) is 9.64. The monoisotopic (exact) mass is 370 g/mol. The van der Waals surface area contributed by atoms with Gasteiger partial charge in [0, 0.05) is 41.0 Å². The summed E-state index contributed by atoms with van der Waals surface area (Å²) in [5.74, 6) is 0. The summed E-state index contributed by atoms with van der Waals surface area (Å²) in [6.07, 6.45) is 0.890. The van der Waals surface area contributed by atoms with E-state index >= 15 is 0 Å². The molecule has 0 aromatic carbocycles. The molecule has 126 valence electrons. The van der Waals surface area contributed by atoms with Crippen molar-refractivity contribution in [2.75, 3.05) is 13.6 Å². The normalized spacial score (nSPS) is 15.1. The number of thiophene rings is 2. The third-order valence-electron chi connectivity index (χ3n) is 4.62. The maximum absolute atomic E-state index is 12.2. The van der Waals surface area contributed by atoms with Crippen molar-refractivity contribution in [1.82, 2.24) is 19.9 Å². The number of aromatic nitrogens is 3. The zero-order chi connectivity index (χ0) is 17.1. The molecule has 4 aromatic rings. The smallest absolute Gasteiger partial charge is 0.305 e. The third-order valence-corrected chi connectivity index (χ3v) is 6.59. The number of nitrogens with one attached hydrogen (secondary N) is 2. The van der Waals surface area contributed by atoms with Gasteiger partial charge < -0.3 is 9.88 Å². The van der Waals surface area contributed by atoms with Crippen LogP contribution in [0.5, 0.6) is 0 Å². The molecule has 0 fully saturated rings. The Balaban J connectivity index is 2.02. The highest BCUT2D eigenvalue weighted by Gasteiger charge is 2.25. The van der Waals surface area contributed by atoms with E-state index in [0.717, 1.165) is 45.9 Å². The zero-order valence-corrected chi connectivity index (χ0v) is 15.0. The molecule has 4 aromatic heterocycles. The quantitative estimate of drug-likeness (QED) is 0.539. The number of hydrogen-bond acceptors (Lipinski definition) is 6. The van der Waals surface area contributed by atoms with Crippen LogP contribution < -0.4 is 11.2 Å². The average molecular weight is 370 g/mol. The second-order valence-corrected chi connectivity index (χ2v) is 8.22. The highest BCUT2D eigenvalue weighted by Crippen LogP contribution is 2.42. The van der Waals surface area contributed by atoms with Crippen molar-refractivity contribution in [1.29, 1.82) is 0 Å². The van der Waals surface area contributed by atoms with E-state index in [-0.39, 0.29) is 5.56 Å². The van der Waals surface area contributed by atoms with E-state index in [9.17, 15) is 9.59 Å². The van der Waals surface area contributed by atoms with Gasteiger partial charge >= 0.3 is 5.69 Å². The van der Waals surface area contributed by atoms with Gasteiger partial charge in [-0.25, -0.2) is 9.78 Å². The number of nitrogens with zero attached hydrogens (tertiary/aromatic N) is 2. The van der Waals surface area contributed by atoms with Gasteiger partial charge in [0.05, 0.1) is 5.52 Å². The molecule has 0 aliphatic carbocycles. The van der Waals surface area contributed by atoms with Gasteiger partial charge in [0.15, 0.2) is 0 Å². The van der Waals surface area contributed by atoms with Crippen LogP contribution in [0.25, 0.3) is 30.9 Å². The third kappa shape index (κ3) is 2.21. The Labute approximate surface area is 149 Å². The Kier molecular flexibility index (Phi) is 3.21. The Morgan fingerprint density at radius 2 is 2.16 bits per heavy atom. The Bertz CT molecular complexity index is 1230. The number of H-pyrrole nitrogens is 2. The van der Waals surface area contributed by atoms with Crippen LogP contribution in [0.3, 0.4) is 0 Å². The fourth-order valence-electron chi connectivity index (χ4n) is 3.51. The lowest BCUT2D eigenvalue weighted by atomic mass is 9.96. The Morgan fingerprint density at radius 3 is 2.96 bits per heavy atom. The molecule has 5 heterocycles. The molecule has 0 unspecified atom stereocenters. The molecule has 0 radical (unpaired) electrons. The summed E-state index contributed by atoms with van der Waals surface area (Å²) in [6, 6.07) is 4.11. The number of hydrogen-bond donors (Lipinski definition) is 2. The lowest BCUT2D eigenvalue weighted by Crippen LogP contribution is -2.27. The van der Waals surface area contributed by atoms with E-state index in [1.54, 1.807) is 11.3 Å². The van der Waals surface area contributed by atoms with Gasteiger partial charge in [0.25, 0.3) is 5.56 Å².